The molecule has 5 heteroatoms. The number of alkyl carbamates (subject to hydrolysis) is 1. The Morgan fingerprint density at radius 1 is 1.40 bits per heavy atom. The van der Waals surface area contributed by atoms with Crippen LogP contribution in [0.25, 0.3) is 0 Å². The highest BCUT2D eigenvalue weighted by atomic mass is 16.5. The molecular formula is C15H19NO4. The van der Waals surface area contributed by atoms with Gasteiger partial charge in [0, 0.05) is 0 Å². The van der Waals surface area contributed by atoms with E-state index in [0.29, 0.717) is 6.42 Å². The van der Waals surface area contributed by atoms with Gasteiger partial charge >= 0.3 is 12.1 Å². The second kappa shape index (κ2) is 5.94. The topological polar surface area (TPSA) is 75.6 Å². The Hall–Kier alpha value is -2.04. The number of nitrogens with one attached hydrogen (secondary N) is 1. The van der Waals surface area contributed by atoms with E-state index in [4.69, 9.17) is 9.84 Å². The van der Waals surface area contributed by atoms with Crippen LogP contribution in [-0.2, 0) is 16.1 Å². The van der Waals surface area contributed by atoms with Crippen LogP contribution >= 0.6 is 0 Å². The molecule has 108 valence electrons. The molecule has 0 aromatic heterocycles. The molecule has 0 bridgehead atoms. The number of carboxylic acids is 1. The fourth-order valence-electron chi connectivity index (χ4n) is 2.51. The second-order valence-electron chi connectivity index (χ2n) is 5.35. The van der Waals surface area contributed by atoms with Crippen molar-refractivity contribution in [3.05, 3.63) is 35.9 Å². The first-order valence-corrected chi connectivity index (χ1v) is 6.72. The Balaban J connectivity index is 1.88. The van der Waals surface area contributed by atoms with Crippen molar-refractivity contribution < 1.29 is 19.4 Å². The molecule has 0 saturated heterocycles. The number of rotatable bonds is 5. The van der Waals surface area contributed by atoms with Gasteiger partial charge in [-0.3, -0.25) is 4.79 Å². The number of benzene rings is 1. The summed E-state index contributed by atoms with van der Waals surface area (Å²) < 4.78 is 5.15. The van der Waals surface area contributed by atoms with E-state index in [1.807, 2.05) is 37.3 Å². The van der Waals surface area contributed by atoms with Crippen molar-refractivity contribution in [2.75, 3.05) is 0 Å². The number of carboxylic acid groups (broad SMARTS) is 1. The number of carbonyl (C=O) groups excluding carboxylic acids is 1. The smallest absolute Gasteiger partial charge is 0.407 e. The van der Waals surface area contributed by atoms with Gasteiger partial charge in [0.05, 0.1) is 12.0 Å². The zero-order chi connectivity index (χ0) is 14.6. The molecule has 2 unspecified atom stereocenters. The fourth-order valence-corrected chi connectivity index (χ4v) is 2.51. The van der Waals surface area contributed by atoms with Crippen LogP contribution in [0.3, 0.4) is 0 Å². The minimum atomic E-state index is -0.903. The number of carbonyl (C=O) groups is 2. The number of hydrogen-bond acceptors (Lipinski definition) is 3. The van der Waals surface area contributed by atoms with Gasteiger partial charge in [0.1, 0.15) is 6.61 Å². The summed E-state index contributed by atoms with van der Waals surface area (Å²) in [6, 6.07) is 9.37. The van der Waals surface area contributed by atoms with Gasteiger partial charge < -0.3 is 15.2 Å². The average molecular weight is 277 g/mol. The monoisotopic (exact) mass is 277 g/mol. The first-order chi connectivity index (χ1) is 9.52. The van der Waals surface area contributed by atoms with Crippen LogP contribution in [0.2, 0.25) is 0 Å². The lowest BCUT2D eigenvalue weighted by molar-refractivity contribution is -0.140. The standard InChI is InChI=1S/C15H19NO4/c1-11-7-8-15(11,9-13(17)18)16-14(19)20-10-12-5-3-2-4-6-12/h2-6,11H,7-10H2,1H3,(H,16,19)(H,17,18). The second-order valence-corrected chi connectivity index (χ2v) is 5.35. The van der Waals surface area contributed by atoms with Gasteiger partial charge in [0.2, 0.25) is 0 Å². The summed E-state index contributed by atoms with van der Waals surface area (Å²) in [6.45, 7) is 2.13. The molecule has 1 aromatic carbocycles. The number of hydrogen-bond donors (Lipinski definition) is 2. The highest BCUT2D eigenvalue weighted by molar-refractivity contribution is 5.73. The lowest BCUT2D eigenvalue weighted by Crippen LogP contribution is -2.60. The zero-order valence-corrected chi connectivity index (χ0v) is 11.5. The average Bonchev–Trinajstić information content (AvgIpc) is 2.43. The summed E-state index contributed by atoms with van der Waals surface area (Å²) in [5.41, 5.74) is 0.246. The van der Waals surface area contributed by atoms with Crippen molar-refractivity contribution in [3.8, 4) is 0 Å². The zero-order valence-electron chi connectivity index (χ0n) is 11.5. The van der Waals surface area contributed by atoms with Crippen LogP contribution < -0.4 is 5.32 Å². The van der Waals surface area contributed by atoms with Crippen LogP contribution in [0.15, 0.2) is 30.3 Å². The van der Waals surface area contributed by atoms with Crippen molar-refractivity contribution in [1.82, 2.24) is 5.32 Å². The summed E-state index contributed by atoms with van der Waals surface area (Å²) in [7, 11) is 0. The van der Waals surface area contributed by atoms with Crippen molar-refractivity contribution in [3.63, 3.8) is 0 Å². The molecular weight excluding hydrogens is 258 g/mol. The summed E-state index contributed by atoms with van der Waals surface area (Å²) >= 11 is 0. The molecule has 5 nitrogen and oxygen atoms in total. The predicted octanol–water partition coefficient (Wildman–Crippen LogP) is 2.56. The molecule has 1 aliphatic rings. The Labute approximate surface area is 117 Å². The maximum Gasteiger partial charge on any atom is 0.407 e. The van der Waals surface area contributed by atoms with Gasteiger partial charge in [-0.25, -0.2) is 4.79 Å². The molecule has 1 amide bonds. The fraction of sp³-hybridized carbons (Fsp3) is 0.467. The van der Waals surface area contributed by atoms with Crippen LogP contribution in [-0.4, -0.2) is 22.7 Å². The van der Waals surface area contributed by atoms with E-state index in [9.17, 15) is 9.59 Å². The normalized spacial score (nSPS) is 24.6. The molecule has 1 aliphatic carbocycles. The third kappa shape index (κ3) is 3.29. The van der Waals surface area contributed by atoms with E-state index in [-0.39, 0.29) is 18.9 Å². The third-order valence-electron chi connectivity index (χ3n) is 4.00. The van der Waals surface area contributed by atoms with E-state index in [0.717, 1.165) is 12.0 Å². The molecule has 1 saturated carbocycles. The van der Waals surface area contributed by atoms with Crippen LogP contribution in [0, 0.1) is 5.92 Å². The summed E-state index contributed by atoms with van der Waals surface area (Å²) in [6.07, 6.45) is 0.989. The summed E-state index contributed by atoms with van der Waals surface area (Å²) in [4.78, 5) is 22.7. The Morgan fingerprint density at radius 3 is 2.60 bits per heavy atom. The highest BCUT2D eigenvalue weighted by Crippen LogP contribution is 2.40. The maximum atomic E-state index is 11.8. The van der Waals surface area contributed by atoms with Gasteiger partial charge in [-0.2, -0.15) is 0 Å². The minimum absolute atomic E-state index is 0.0609. The van der Waals surface area contributed by atoms with Crippen LogP contribution in [0.1, 0.15) is 31.7 Å². The van der Waals surface area contributed by atoms with Gasteiger partial charge in [-0.1, -0.05) is 37.3 Å². The highest BCUT2D eigenvalue weighted by Gasteiger charge is 2.47. The number of amides is 1. The first kappa shape index (κ1) is 14.4. The minimum Gasteiger partial charge on any atom is -0.481 e. The largest absolute Gasteiger partial charge is 0.481 e. The third-order valence-corrected chi connectivity index (χ3v) is 4.00. The van der Waals surface area contributed by atoms with E-state index >= 15 is 0 Å². The Morgan fingerprint density at radius 2 is 2.10 bits per heavy atom. The van der Waals surface area contributed by atoms with E-state index in [1.54, 1.807) is 0 Å². The lowest BCUT2D eigenvalue weighted by atomic mass is 9.66. The molecule has 2 atom stereocenters. The number of ether oxygens (including phenoxy) is 1. The summed E-state index contributed by atoms with van der Waals surface area (Å²) in [5, 5.41) is 11.7. The lowest BCUT2D eigenvalue weighted by Gasteiger charge is -2.47. The Bertz CT molecular complexity index is 488. The summed E-state index contributed by atoms with van der Waals surface area (Å²) in [5.74, 6) is -0.747. The van der Waals surface area contributed by atoms with Gasteiger partial charge in [0.15, 0.2) is 0 Å². The van der Waals surface area contributed by atoms with Gasteiger partial charge in [0.25, 0.3) is 0 Å². The van der Waals surface area contributed by atoms with Crippen molar-refractivity contribution in [2.45, 2.75) is 38.3 Å². The molecule has 1 aromatic rings. The predicted molar refractivity (Wildman–Crippen MR) is 73.1 cm³/mol. The quantitative estimate of drug-likeness (QED) is 0.867. The molecule has 0 radical (unpaired) electrons. The van der Waals surface area contributed by atoms with Crippen molar-refractivity contribution in [1.29, 1.82) is 0 Å². The van der Waals surface area contributed by atoms with E-state index < -0.39 is 17.6 Å². The van der Waals surface area contributed by atoms with Crippen molar-refractivity contribution >= 4 is 12.1 Å². The molecule has 2 N–H and O–H groups in total. The van der Waals surface area contributed by atoms with Crippen LogP contribution in [0.4, 0.5) is 4.79 Å². The molecule has 20 heavy (non-hydrogen) atoms. The van der Waals surface area contributed by atoms with E-state index in [2.05, 4.69) is 5.32 Å². The maximum absolute atomic E-state index is 11.8. The molecule has 0 aliphatic heterocycles. The molecule has 1 fully saturated rings. The Kier molecular flexibility index (Phi) is 4.27. The van der Waals surface area contributed by atoms with Crippen molar-refractivity contribution in [2.24, 2.45) is 5.92 Å². The van der Waals surface area contributed by atoms with Gasteiger partial charge in [-0.15, -0.1) is 0 Å². The number of aliphatic carboxylic acids is 1. The SMILES string of the molecule is CC1CCC1(CC(=O)O)NC(=O)OCc1ccccc1. The molecule has 2 rings (SSSR count). The molecule has 0 spiro atoms. The molecule has 0 heterocycles. The van der Waals surface area contributed by atoms with E-state index in [1.165, 1.54) is 0 Å². The van der Waals surface area contributed by atoms with Crippen LogP contribution in [0.5, 0.6) is 0 Å². The first-order valence-electron chi connectivity index (χ1n) is 6.72. The van der Waals surface area contributed by atoms with Gasteiger partial charge in [-0.05, 0) is 24.3 Å².